The predicted molar refractivity (Wildman–Crippen MR) is 132 cm³/mol. The number of methoxy groups -OCH3 is 2. The second-order valence-corrected chi connectivity index (χ2v) is 7.99. The minimum Gasteiger partial charge on any atom is -0.496 e. The summed E-state index contributed by atoms with van der Waals surface area (Å²) in [6, 6.07) is 7.85. The molecule has 0 radical (unpaired) electrons. The molecule has 2 aromatic rings. The van der Waals surface area contributed by atoms with Crippen LogP contribution in [0.15, 0.2) is 36.4 Å². The lowest BCUT2D eigenvalue weighted by Crippen LogP contribution is -2.25. The third-order valence-electron chi connectivity index (χ3n) is 5.72. The summed E-state index contributed by atoms with van der Waals surface area (Å²) >= 11 is 0. The molecule has 0 N–H and O–H groups in total. The summed E-state index contributed by atoms with van der Waals surface area (Å²) in [5.41, 5.74) is -1.06. The summed E-state index contributed by atoms with van der Waals surface area (Å²) in [5.74, 6) is -7.59. The molecule has 14 nitrogen and oxygen atoms in total. The van der Waals surface area contributed by atoms with Crippen molar-refractivity contribution in [1.29, 1.82) is 0 Å². The van der Waals surface area contributed by atoms with Gasteiger partial charge in [0.25, 0.3) is 11.4 Å². The van der Waals surface area contributed by atoms with Crippen LogP contribution in [0.4, 0.5) is 11.4 Å². The average molecular weight is 546 g/mol. The van der Waals surface area contributed by atoms with Crippen molar-refractivity contribution in [2.45, 2.75) is 44.9 Å². The van der Waals surface area contributed by atoms with Gasteiger partial charge in [-0.2, -0.15) is 0 Å². The number of hydrogen-bond donors (Lipinski definition) is 0. The van der Waals surface area contributed by atoms with E-state index in [-0.39, 0.29) is 35.5 Å². The number of nitrogens with zero attached hydrogens (tertiary/aromatic N) is 2. The quantitative estimate of drug-likeness (QED) is 0.162. The molecule has 14 heteroatoms. The topological polar surface area (TPSA) is 191 Å². The van der Waals surface area contributed by atoms with Crippen molar-refractivity contribution in [3.8, 4) is 11.5 Å². The first-order valence-electron chi connectivity index (χ1n) is 11.6. The van der Waals surface area contributed by atoms with Gasteiger partial charge < -0.3 is 18.9 Å². The third kappa shape index (κ3) is 7.12. The van der Waals surface area contributed by atoms with Crippen LogP contribution in [-0.2, 0) is 28.7 Å². The second-order valence-electron chi connectivity index (χ2n) is 7.99. The maximum Gasteiger partial charge on any atom is 0.324 e. The molecular weight excluding hydrogens is 520 g/mol. The van der Waals surface area contributed by atoms with Crippen molar-refractivity contribution in [2.75, 3.05) is 14.2 Å². The van der Waals surface area contributed by atoms with Crippen LogP contribution in [0.2, 0.25) is 0 Å². The number of benzene rings is 2. The Balaban J connectivity index is 2.17. The van der Waals surface area contributed by atoms with Gasteiger partial charge >= 0.3 is 23.9 Å². The highest BCUT2D eigenvalue weighted by atomic mass is 16.6. The van der Waals surface area contributed by atoms with E-state index in [1.165, 1.54) is 52.3 Å². The van der Waals surface area contributed by atoms with Crippen molar-refractivity contribution in [3.05, 3.63) is 67.8 Å². The summed E-state index contributed by atoms with van der Waals surface area (Å²) in [6.45, 7) is 3.06. The van der Waals surface area contributed by atoms with Gasteiger partial charge in [0, 0.05) is 12.1 Å². The van der Waals surface area contributed by atoms with Gasteiger partial charge in [0.1, 0.15) is 17.9 Å². The number of hydrogen-bond acceptors (Lipinski definition) is 12. The molecule has 0 saturated heterocycles. The van der Waals surface area contributed by atoms with Gasteiger partial charge in [0.05, 0.1) is 47.0 Å². The van der Waals surface area contributed by atoms with Crippen molar-refractivity contribution in [3.63, 3.8) is 0 Å². The zero-order valence-corrected chi connectivity index (χ0v) is 21.5. The molecule has 39 heavy (non-hydrogen) atoms. The number of ether oxygens (including phenoxy) is 4. The van der Waals surface area contributed by atoms with Crippen molar-refractivity contribution in [1.82, 2.24) is 0 Å². The number of nitro groups is 2. The lowest BCUT2D eigenvalue weighted by Gasteiger charge is -2.17. The molecule has 0 fully saturated rings. The van der Waals surface area contributed by atoms with Gasteiger partial charge in [-0.3, -0.25) is 39.4 Å². The first kappa shape index (κ1) is 30.3. The van der Waals surface area contributed by atoms with E-state index in [0.29, 0.717) is 0 Å². The molecule has 0 spiro atoms. The minimum absolute atomic E-state index is 0.00781. The van der Waals surface area contributed by atoms with Crippen molar-refractivity contribution < 1.29 is 48.0 Å². The van der Waals surface area contributed by atoms with Crippen LogP contribution in [-0.4, -0.2) is 47.9 Å². The molecule has 208 valence electrons. The molecular formula is C25H26N2O12. The molecule has 2 rings (SSSR count). The van der Waals surface area contributed by atoms with Crippen LogP contribution in [0.3, 0.4) is 0 Å². The predicted octanol–water partition coefficient (Wildman–Crippen LogP) is 3.74. The normalized spacial score (nSPS) is 12.0. The molecule has 0 bridgehead atoms. The second kappa shape index (κ2) is 13.6. The van der Waals surface area contributed by atoms with E-state index < -0.39 is 63.4 Å². The van der Waals surface area contributed by atoms with Crippen LogP contribution in [0, 0.1) is 20.2 Å². The number of carbonyl (C=O) groups is 4. The number of esters is 4. The number of rotatable bonds is 12. The average Bonchev–Trinajstić information content (AvgIpc) is 2.88. The highest BCUT2D eigenvalue weighted by Crippen LogP contribution is 2.38. The van der Waals surface area contributed by atoms with E-state index in [0.717, 1.165) is 12.1 Å². The Labute approximate surface area is 222 Å². The Morgan fingerprint density at radius 2 is 1.08 bits per heavy atom. The zero-order valence-electron chi connectivity index (χ0n) is 21.5. The van der Waals surface area contributed by atoms with Gasteiger partial charge in [-0.25, -0.2) is 0 Å². The molecule has 0 aliphatic carbocycles. The van der Waals surface area contributed by atoms with E-state index in [2.05, 4.69) is 0 Å². The van der Waals surface area contributed by atoms with Crippen LogP contribution in [0.25, 0.3) is 0 Å². The SMILES string of the molecule is CCC(C(=O)OC(=O)CC(=O)OC(=O)C(CC)c1c(OC)cccc1[N+](=O)[O-])c1c(OC)cccc1[N+](=O)[O-]. The monoisotopic (exact) mass is 546 g/mol. The summed E-state index contributed by atoms with van der Waals surface area (Å²) in [6.07, 6.45) is -1.16. The van der Waals surface area contributed by atoms with Gasteiger partial charge in [0.2, 0.25) is 0 Å². The Bertz CT molecular complexity index is 1190. The smallest absolute Gasteiger partial charge is 0.324 e. The Hall–Kier alpha value is -4.88. The Kier molecular flexibility index (Phi) is 10.6. The summed E-state index contributed by atoms with van der Waals surface area (Å²) in [4.78, 5) is 71.6. The Morgan fingerprint density at radius 3 is 1.36 bits per heavy atom. The van der Waals surface area contributed by atoms with Crippen molar-refractivity contribution in [2.24, 2.45) is 0 Å². The standard InChI is InChI=1S/C25H26N2O12/c1-5-14(22-16(26(32)33)9-7-11-18(22)36-3)24(30)38-20(28)13-21(29)39-25(31)15(6-2)23-17(27(34)35)10-8-12-19(23)37-4/h7-12,14-15H,5-6,13H2,1-4H3. The largest absolute Gasteiger partial charge is 0.496 e. The lowest BCUT2D eigenvalue weighted by molar-refractivity contribution is -0.385. The lowest BCUT2D eigenvalue weighted by atomic mass is 9.94. The van der Waals surface area contributed by atoms with Gasteiger partial charge in [0.15, 0.2) is 0 Å². The molecule has 0 aliphatic heterocycles. The number of nitro benzene ring substituents is 2. The van der Waals surface area contributed by atoms with E-state index in [1.807, 2.05) is 0 Å². The molecule has 2 atom stereocenters. The van der Waals surface area contributed by atoms with E-state index in [9.17, 15) is 39.4 Å². The Morgan fingerprint density at radius 1 is 0.718 bits per heavy atom. The first-order valence-corrected chi connectivity index (χ1v) is 11.6. The fourth-order valence-corrected chi connectivity index (χ4v) is 3.97. The zero-order chi connectivity index (χ0) is 29.3. The maximum atomic E-state index is 12.7. The number of carbonyl (C=O) groups excluding carboxylic acids is 4. The highest BCUT2D eigenvalue weighted by Gasteiger charge is 2.35. The summed E-state index contributed by atoms with van der Waals surface area (Å²) < 4.78 is 19.7. The van der Waals surface area contributed by atoms with Gasteiger partial charge in [-0.15, -0.1) is 0 Å². The molecule has 0 aromatic heterocycles. The minimum atomic E-state index is -1.37. The summed E-state index contributed by atoms with van der Waals surface area (Å²) in [7, 11) is 2.50. The van der Waals surface area contributed by atoms with Crippen molar-refractivity contribution >= 4 is 35.3 Å². The van der Waals surface area contributed by atoms with Gasteiger partial charge in [-0.05, 0) is 25.0 Å². The van der Waals surface area contributed by atoms with Crippen LogP contribution in [0.1, 0.15) is 56.1 Å². The molecule has 2 aromatic carbocycles. The fraction of sp³-hybridized carbons (Fsp3) is 0.360. The van der Waals surface area contributed by atoms with Gasteiger partial charge in [-0.1, -0.05) is 26.0 Å². The summed E-state index contributed by atoms with van der Waals surface area (Å²) in [5, 5.41) is 23.0. The van der Waals surface area contributed by atoms with Crippen LogP contribution in [0.5, 0.6) is 11.5 Å². The first-order chi connectivity index (χ1) is 18.5. The van der Waals surface area contributed by atoms with Crippen LogP contribution >= 0.6 is 0 Å². The molecule has 2 unspecified atom stereocenters. The van der Waals surface area contributed by atoms with E-state index in [4.69, 9.17) is 18.9 Å². The molecule has 0 heterocycles. The maximum absolute atomic E-state index is 12.7. The fourth-order valence-electron chi connectivity index (χ4n) is 3.97. The van der Waals surface area contributed by atoms with Crippen LogP contribution < -0.4 is 9.47 Å². The molecule has 0 saturated carbocycles. The molecule has 0 amide bonds. The van der Waals surface area contributed by atoms with E-state index >= 15 is 0 Å². The van der Waals surface area contributed by atoms with E-state index in [1.54, 1.807) is 0 Å². The third-order valence-corrected chi connectivity index (χ3v) is 5.72. The molecule has 0 aliphatic rings. The highest BCUT2D eigenvalue weighted by molar-refractivity contribution is 6.01.